The number of amidine groups is 1. The fraction of sp³-hybridized carbons (Fsp3) is 0.0769. The van der Waals surface area contributed by atoms with Crippen LogP contribution < -0.4 is 10.5 Å². The molecule has 0 aliphatic carbocycles. The van der Waals surface area contributed by atoms with Gasteiger partial charge in [0.1, 0.15) is 17.2 Å². The summed E-state index contributed by atoms with van der Waals surface area (Å²) in [6.07, 6.45) is 1.52. The average Bonchev–Trinajstić information content (AvgIpc) is 2.41. The number of oxime groups is 1. The second-order valence-corrected chi connectivity index (χ2v) is 3.78. The van der Waals surface area contributed by atoms with Gasteiger partial charge in [-0.05, 0) is 31.2 Å². The summed E-state index contributed by atoms with van der Waals surface area (Å²) in [5.74, 6) is 1.30. The van der Waals surface area contributed by atoms with Crippen molar-refractivity contribution in [2.75, 3.05) is 0 Å². The fourth-order valence-electron chi connectivity index (χ4n) is 1.39. The summed E-state index contributed by atoms with van der Waals surface area (Å²) in [5, 5.41) is 11.4. The highest BCUT2D eigenvalue weighted by atomic mass is 16.5. The number of pyridine rings is 1. The van der Waals surface area contributed by atoms with E-state index in [-0.39, 0.29) is 5.84 Å². The van der Waals surface area contributed by atoms with E-state index in [1.807, 2.05) is 31.2 Å². The first-order valence-corrected chi connectivity index (χ1v) is 5.37. The van der Waals surface area contributed by atoms with E-state index in [9.17, 15) is 0 Å². The lowest BCUT2D eigenvalue weighted by Gasteiger charge is -2.06. The summed E-state index contributed by atoms with van der Waals surface area (Å²) < 4.78 is 5.60. The minimum Gasteiger partial charge on any atom is -0.456 e. The summed E-state index contributed by atoms with van der Waals surface area (Å²) in [6.45, 7) is 2.01. The quantitative estimate of drug-likeness (QED) is 0.375. The van der Waals surface area contributed by atoms with Crippen molar-refractivity contribution in [1.82, 2.24) is 4.98 Å². The molecule has 2 aromatic rings. The van der Waals surface area contributed by atoms with Crippen LogP contribution in [0.1, 0.15) is 11.3 Å². The van der Waals surface area contributed by atoms with Crippen molar-refractivity contribution in [3.8, 4) is 11.5 Å². The molecule has 0 radical (unpaired) electrons. The first-order valence-electron chi connectivity index (χ1n) is 5.37. The first-order chi connectivity index (χ1) is 8.69. The second-order valence-electron chi connectivity index (χ2n) is 3.78. The third kappa shape index (κ3) is 2.76. The minimum atomic E-state index is -0.0307. The van der Waals surface area contributed by atoms with Crippen LogP contribution >= 0.6 is 0 Å². The molecule has 0 bridgehead atoms. The minimum absolute atomic E-state index is 0.0307. The van der Waals surface area contributed by atoms with Crippen LogP contribution in [0.25, 0.3) is 0 Å². The van der Waals surface area contributed by atoms with Gasteiger partial charge in [0.15, 0.2) is 5.84 Å². The van der Waals surface area contributed by atoms with Crippen molar-refractivity contribution in [1.29, 1.82) is 0 Å². The van der Waals surface area contributed by atoms with E-state index in [1.165, 1.54) is 11.8 Å². The molecule has 1 heterocycles. The van der Waals surface area contributed by atoms with E-state index >= 15 is 0 Å². The molecule has 0 saturated heterocycles. The number of nitrogens with two attached hydrogens (primary N) is 1. The van der Waals surface area contributed by atoms with Crippen molar-refractivity contribution in [3.63, 3.8) is 0 Å². The van der Waals surface area contributed by atoms with Gasteiger partial charge in [0.25, 0.3) is 0 Å². The Kier molecular flexibility index (Phi) is 3.43. The van der Waals surface area contributed by atoms with E-state index in [2.05, 4.69) is 10.1 Å². The first kappa shape index (κ1) is 11.9. The van der Waals surface area contributed by atoms with Crippen molar-refractivity contribution >= 4 is 5.84 Å². The van der Waals surface area contributed by atoms with Gasteiger partial charge in [-0.15, -0.1) is 0 Å². The third-order valence-corrected chi connectivity index (χ3v) is 2.36. The highest BCUT2D eigenvalue weighted by molar-refractivity contribution is 5.95. The Hall–Kier alpha value is -2.56. The number of aromatic nitrogens is 1. The molecule has 0 atom stereocenters. The van der Waals surface area contributed by atoms with Gasteiger partial charge < -0.3 is 15.7 Å². The Balaban J connectivity index is 2.13. The van der Waals surface area contributed by atoms with Crippen LogP contribution in [0.5, 0.6) is 11.5 Å². The number of hydrogen-bond donors (Lipinski definition) is 2. The molecule has 5 nitrogen and oxygen atoms in total. The molecule has 5 heteroatoms. The molecule has 1 aromatic carbocycles. The summed E-state index contributed by atoms with van der Waals surface area (Å²) >= 11 is 0. The van der Waals surface area contributed by atoms with Gasteiger partial charge in [0, 0.05) is 0 Å². The number of nitrogens with zero attached hydrogens (tertiary/aromatic N) is 2. The van der Waals surface area contributed by atoms with Gasteiger partial charge in [0.05, 0.1) is 6.20 Å². The zero-order valence-electron chi connectivity index (χ0n) is 9.87. The van der Waals surface area contributed by atoms with Gasteiger partial charge in [-0.2, -0.15) is 0 Å². The Labute approximate surface area is 105 Å². The van der Waals surface area contributed by atoms with Crippen molar-refractivity contribution in [2.45, 2.75) is 6.92 Å². The second kappa shape index (κ2) is 5.18. The van der Waals surface area contributed by atoms with E-state index < -0.39 is 0 Å². The zero-order chi connectivity index (χ0) is 13.0. The Morgan fingerprint density at radius 3 is 2.39 bits per heavy atom. The number of benzene rings is 1. The molecule has 0 amide bonds. The molecule has 0 aliphatic rings. The zero-order valence-corrected chi connectivity index (χ0v) is 9.87. The van der Waals surface area contributed by atoms with Crippen molar-refractivity contribution in [2.24, 2.45) is 10.9 Å². The number of ether oxygens (including phenoxy) is 1. The SMILES string of the molecule is Cc1ccc(Oc2ccc(/C(N)=N/O)nc2)cc1. The van der Waals surface area contributed by atoms with Crippen molar-refractivity contribution < 1.29 is 9.94 Å². The van der Waals surface area contributed by atoms with Crippen LogP contribution in [0.15, 0.2) is 47.8 Å². The maximum Gasteiger partial charge on any atom is 0.188 e. The Morgan fingerprint density at radius 2 is 1.83 bits per heavy atom. The number of hydrogen-bond acceptors (Lipinski definition) is 4. The monoisotopic (exact) mass is 243 g/mol. The predicted octanol–water partition coefficient (Wildman–Crippen LogP) is 2.28. The molecule has 1 aromatic heterocycles. The highest BCUT2D eigenvalue weighted by Crippen LogP contribution is 2.20. The lowest BCUT2D eigenvalue weighted by molar-refractivity contribution is 0.318. The summed E-state index contributed by atoms with van der Waals surface area (Å²) in [7, 11) is 0. The van der Waals surface area contributed by atoms with E-state index in [1.54, 1.807) is 12.1 Å². The standard InChI is InChI=1S/C13H13N3O2/c1-9-2-4-10(5-3-9)18-11-6-7-12(15-8-11)13(14)16-17/h2-8,17H,1H3,(H2,14,16). The van der Waals surface area contributed by atoms with E-state index in [0.29, 0.717) is 11.4 Å². The van der Waals surface area contributed by atoms with Gasteiger partial charge in [-0.25, -0.2) is 4.98 Å². The predicted molar refractivity (Wildman–Crippen MR) is 68.0 cm³/mol. The van der Waals surface area contributed by atoms with Gasteiger partial charge >= 0.3 is 0 Å². The molecular formula is C13H13N3O2. The van der Waals surface area contributed by atoms with Gasteiger partial charge in [0.2, 0.25) is 0 Å². The van der Waals surface area contributed by atoms with Crippen LogP contribution in [0.2, 0.25) is 0 Å². The van der Waals surface area contributed by atoms with E-state index in [4.69, 9.17) is 15.7 Å². The van der Waals surface area contributed by atoms with Crippen LogP contribution in [0, 0.1) is 6.92 Å². The number of aryl methyl sites for hydroxylation is 1. The molecular weight excluding hydrogens is 230 g/mol. The molecule has 0 saturated carbocycles. The molecule has 92 valence electrons. The smallest absolute Gasteiger partial charge is 0.188 e. The molecule has 0 aliphatic heterocycles. The molecule has 18 heavy (non-hydrogen) atoms. The molecule has 3 N–H and O–H groups in total. The maximum atomic E-state index is 8.51. The van der Waals surface area contributed by atoms with Crippen LogP contribution in [0.4, 0.5) is 0 Å². The van der Waals surface area contributed by atoms with Crippen LogP contribution in [0.3, 0.4) is 0 Å². The summed E-state index contributed by atoms with van der Waals surface area (Å²) in [4.78, 5) is 4.02. The molecule has 0 fully saturated rings. The lowest BCUT2D eigenvalue weighted by atomic mass is 10.2. The molecule has 0 unspecified atom stereocenters. The van der Waals surface area contributed by atoms with Crippen molar-refractivity contribution in [3.05, 3.63) is 53.9 Å². The average molecular weight is 243 g/mol. The third-order valence-electron chi connectivity index (χ3n) is 2.36. The summed E-state index contributed by atoms with van der Waals surface area (Å²) in [6, 6.07) is 11.0. The Morgan fingerprint density at radius 1 is 1.17 bits per heavy atom. The number of rotatable bonds is 3. The van der Waals surface area contributed by atoms with Gasteiger partial charge in [-0.1, -0.05) is 22.9 Å². The molecule has 0 spiro atoms. The largest absolute Gasteiger partial charge is 0.456 e. The van der Waals surface area contributed by atoms with Crippen LogP contribution in [-0.2, 0) is 0 Å². The molecule has 2 rings (SSSR count). The van der Waals surface area contributed by atoms with Gasteiger partial charge in [-0.3, -0.25) is 0 Å². The fourth-order valence-corrected chi connectivity index (χ4v) is 1.39. The topological polar surface area (TPSA) is 80.7 Å². The van der Waals surface area contributed by atoms with Crippen LogP contribution in [-0.4, -0.2) is 16.0 Å². The summed E-state index contributed by atoms with van der Waals surface area (Å²) in [5.41, 5.74) is 6.98. The normalized spacial score (nSPS) is 11.3. The Bertz CT molecular complexity index is 547. The lowest BCUT2D eigenvalue weighted by Crippen LogP contribution is -2.14. The van der Waals surface area contributed by atoms with E-state index in [0.717, 1.165) is 5.75 Å². The maximum absolute atomic E-state index is 8.51. The highest BCUT2D eigenvalue weighted by Gasteiger charge is 2.02.